The number of fused-ring (bicyclic) bond motifs is 1. The molecule has 0 spiro atoms. The number of hydrogen-bond acceptors (Lipinski definition) is 4. The van der Waals surface area contributed by atoms with Gasteiger partial charge in [0.25, 0.3) is 5.91 Å². The van der Waals surface area contributed by atoms with Gasteiger partial charge >= 0.3 is 0 Å². The number of nitrogens with one attached hydrogen (secondary N) is 1. The van der Waals surface area contributed by atoms with Crippen LogP contribution in [0.15, 0.2) is 47.4 Å². The molecular weight excluding hydrogens is 356 g/mol. The van der Waals surface area contributed by atoms with Gasteiger partial charge in [0.15, 0.2) is 0 Å². The summed E-state index contributed by atoms with van der Waals surface area (Å²) in [5.41, 5.74) is 1.94. The zero-order valence-electron chi connectivity index (χ0n) is 13.9. The van der Waals surface area contributed by atoms with Crippen LogP contribution in [0.25, 0.3) is 10.1 Å². The number of primary sulfonamides is 1. The smallest absolute Gasteiger partial charge is 0.266 e. The number of rotatable bonds is 4. The van der Waals surface area contributed by atoms with Crippen molar-refractivity contribution in [2.45, 2.75) is 25.2 Å². The number of benzene rings is 2. The van der Waals surface area contributed by atoms with E-state index in [2.05, 4.69) is 5.32 Å². The number of nitrogens with two attached hydrogens (primary N) is 1. The highest BCUT2D eigenvalue weighted by atomic mass is 32.2. The summed E-state index contributed by atoms with van der Waals surface area (Å²) in [5.74, 6) is -0.261. The number of thiophene rings is 1. The maximum absolute atomic E-state index is 12.6. The molecule has 1 amide bonds. The Labute approximate surface area is 150 Å². The summed E-state index contributed by atoms with van der Waals surface area (Å²) in [6, 6.07) is 12.6. The standard InChI is InChI=1S/C18H18N2O3S2/c1-3-12-8-9-13(10-16(12)25(19,22)23)20-18(21)17-11(2)14-6-4-5-7-15(14)24-17/h4-10H,3H2,1-2H3,(H,20,21)(H2,19,22,23). The van der Waals surface area contributed by atoms with Gasteiger partial charge in [-0.05, 0) is 48.1 Å². The first-order valence-electron chi connectivity index (χ1n) is 7.76. The Kier molecular flexibility index (Phi) is 4.64. The van der Waals surface area contributed by atoms with E-state index in [9.17, 15) is 13.2 Å². The third-order valence-electron chi connectivity index (χ3n) is 4.06. The second-order valence-electron chi connectivity index (χ2n) is 5.73. The van der Waals surface area contributed by atoms with Crippen LogP contribution in [0.3, 0.4) is 0 Å². The number of hydrogen-bond donors (Lipinski definition) is 2. The maximum atomic E-state index is 12.6. The number of carbonyl (C=O) groups excluding carboxylic acids is 1. The van der Waals surface area contributed by atoms with Gasteiger partial charge in [-0.2, -0.15) is 0 Å². The normalized spacial score (nSPS) is 11.6. The Morgan fingerprint density at radius 1 is 1.20 bits per heavy atom. The van der Waals surface area contributed by atoms with Crippen molar-refractivity contribution >= 4 is 43.0 Å². The zero-order valence-corrected chi connectivity index (χ0v) is 15.5. The summed E-state index contributed by atoms with van der Waals surface area (Å²) in [6.45, 7) is 3.76. The van der Waals surface area contributed by atoms with Gasteiger partial charge in [0.1, 0.15) is 0 Å². The lowest BCUT2D eigenvalue weighted by atomic mass is 10.1. The molecule has 3 N–H and O–H groups in total. The van der Waals surface area contributed by atoms with Gasteiger partial charge in [0.2, 0.25) is 10.0 Å². The minimum absolute atomic E-state index is 0.0425. The van der Waals surface area contributed by atoms with Gasteiger partial charge in [-0.1, -0.05) is 31.2 Å². The molecular formula is C18H18N2O3S2. The van der Waals surface area contributed by atoms with Crippen LogP contribution in [0.2, 0.25) is 0 Å². The molecule has 0 fully saturated rings. The zero-order chi connectivity index (χ0) is 18.2. The first-order chi connectivity index (χ1) is 11.8. The summed E-state index contributed by atoms with van der Waals surface area (Å²) in [7, 11) is -3.85. The van der Waals surface area contributed by atoms with Crippen molar-refractivity contribution in [3.8, 4) is 0 Å². The topological polar surface area (TPSA) is 89.3 Å². The molecule has 1 heterocycles. The summed E-state index contributed by atoms with van der Waals surface area (Å²) in [5, 5.41) is 9.10. The van der Waals surface area contributed by atoms with Gasteiger partial charge in [-0.25, -0.2) is 13.6 Å². The Bertz CT molecular complexity index is 1070. The maximum Gasteiger partial charge on any atom is 0.266 e. The number of sulfonamides is 1. The second kappa shape index (κ2) is 6.59. The highest BCUT2D eigenvalue weighted by Crippen LogP contribution is 2.31. The lowest BCUT2D eigenvalue weighted by Crippen LogP contribution is -2.16. The van der Waals surface area contributed by atoms with Gasteiger partial charge in [-0.15, -0.1) is 11.3 Å². The van der Waals surface area contributed by atoms with E-state index < -0.39 is 10.0 Å². The third kappa shape index (κ3) is 3.44. The van der Waals surface area contributed by atoms with E-state index in [-0.39, 0.29) is 10.8 Å². The van der Waals surface area contributed by atoms with E-state index >= 15 is 0 Å². The molecule has 3 aromatic rings. The van der Waals surface area contributed by atoms with Crippen molar-refractivity contribution in [3.63, 3.8) is 0 Å². The summed E-state index contributed by atoms with van der Waals surface area (Å²) in [4.78, 5) is 13.3. The van der Waals surface area contributed by atoms with Crippen LogP contribution < -0.4 is 10.5 Å². The molecule has 0 aliphatic rings. The minimum Gasteiger partial charge on any atom is -0.321 e. The molecule has 0 aliphatic heterocycles. The van der Waals surface area contributed by atoms with E-state index in [1.807, 2.05) is 38.1 Å². The lowest BCUT2D eigenvalue weighted by molar-refractivity contribution is 0.103. The van der Waals surface area contributed by atoms with Crippen molar-refractivity contribution in [1.29, 1.82) is 0 Å². The first kappa shape index (κ1) is 17.6. The average Bonchev–Trinajstić information content (AvgIpc) is 2.91. The third-order valence-corrected chi connectivity index (χ3v) is 6.33. The van der Waals surface area contributed by atoms with Crippen LogP contribution in [0, 0.1) is 6.92 Å². The van der Waals surface area contributed by atoms with Gasteiger partial charge < -0.3 is 5.32 Å². The fourth-order valence-corrected chi connectivity index (χ4v) is 4.74. The summed E-state index contributed by atoms with van der Waals surface area (Å²) >= 11 is 1.41. The molecule has 0 atom stereocenters. The number of anilines is 1. The van der Waals surface area contributed by atoms with E-state index in [1.165, 1.54) is 17.4 Å². The van der Waals surface area contributed by atoms with E-state index in [0.717, 1.165) is 15.6 Å². The monoisotopic (exact) mass is 374 g/mol. The molecule has 0 saturated carbocycles. The van der Waals surface area contributed by atoms with E-state index in [1.54, 1.807) is 12.1 Å². The molecule has 0 unspecified atom stereocenters. The van der Waals surface area contributed by atoms with Crippen molar-refractivity contribution < 1.29 is 13.2 Å². The molecule has 0 bridgehead atoms. The van der Waals surface area contributed by atoms with Crippen molar-refractivity contribution in [3.05, 3.63) is 58.5 Å². The highest BCUT2D eigenvalue weighted by Gasteiger charge is 2.18. The first-order valence-corrected chi connectivity index (χ1v) is 10.1. The number of aryl methyl sites for hydroxylation is 2. The van der Waals surface area contributed by atoms with Crippen LogP contribution in [0.1, 0.15) is 27.7 Å². The minimum atomic E-state index is -3.85. The highest BCUT2D eigenvalue weighted by molar-refractivity contribution is 7.89. The van der Waals surface area contributed by atoms with Crippen LogP contribution in [0.4, 0.5) is 5.69 Å². The fourth-order valence-electron chi connectivity index (χ4n) is 2.77. The average molecular weight is 374 g/mol. The number of amides is 1. The van der Waals surface area contributed by atoms with Crippen molar-refractivity contribution in [2.75, 3.05) is 5.32 Å². The van der Waals surface area contributed by atoms with Crippen LogP contribution in [-0.4, -0.2) is 14.3 Å². The predicted octanol–water partition coefficient (Wildman–Crippen LogP) is 3.67. The molecule has 3 rings (SSSR count). The molecule has 5 nitrogen and oxygen atoms in total. The van der Waals surface area contributed by atoms with Crippen molar-refractivity contribution in [2.24, 2.45) is 5.14 Å². The molecule has 2 aromatic carbocycles. The lowest BCUT2D eigenvalue weighted by Gasteiger charge is -2.10. The second-order valence-corrected chi connectivity index (χ2v) is 8.31. The SMILES string of the molecule is CCc1ccc(NC(=O)c2sc3ccccc3c2C)cc1S(N)(=O)=O. The molecule has 0 radical (unpaired) electrons. The molecule has 1 aromatic heterocycles. The molecule has 0 aliphatic carbocycles. The Morgan fingerprint density at radius 2 is 1.92 bits per heavy atom. The van der Waals surface area contributed by atoms with Gasteiger partial charge in [0, 0.05) is 10.4 Å². The molecule has 7 heteroatoms. The Hall–Kier alpha value is -2.22. The fraction of sp³-hybridized carbons (Fsp3) is 0.167. The van der Waals surface area contributed by atoms with Crippen LogP contribution in [-0.2, 0) is 16.4 Å². The van der Waals surface area contributed by atoms with Crippen LogP contribution >= 0.6 is 11.3 Å². The predicted molar refractivity (Wildman–Crippen MR) is 102 cm³/mol. The summed E-state index contributed by atoms with van der Waals surface area (Å²) in [6.07, 6.45) is 0.537. The Morgan fingerprint density at radius 3 is 2.56 bits per heavy atom. The van der Waals surface area contributed by atoms with Crippen LogP contribution in [0.5, 0.6) is 0 Å². The molecule has 25 heavy (non-hydrogen) atoms. The quantitative estimate of drug-likeness (QED) is 0.730. The number of carbonyl (C=O) groups is 1. The molecule has 130 valence electrons. The van der Waals surface area contributed by atoms with Gasteiger partial charge in [-0.3, -0.25) is 4.79 Å². The summed E-state index contributed by atoms with van der Waals surface area (Å²) < 4.78 is 24.6. The Balaban J connectivity index is 1.96. The van der Waals surface area contributed by atoms with Gasteiger partial charge in [0.05, 0.1) is 9.77 Å². The van der Waals surface area contributed by atoms with Crippen molar-refractivity contribution in [1.82, 2.24) is 0 Å². The largest absolute Gasteiger partial charge is 0.321 e. The molecule has 0 saturated heterocycles. The van der Waals surface area contributed by atoms with E-state index in [4.69, 9.17) is 5.14 Å². The van der Waals surface area contributed by atoms with E-state index in [0.29, 0.717) is 22.5 Å².